The average Bonchev–Trinajstić information content (AvgIpc) is 3.19. The molecule has 3 aromatic carbocycles. The zero-order chi connectivity index (χ0) is 36.8. The molecular weight excluding hydrogens is 657 g/mol. The highest BCUT2D eigenvalue weighted by molar-refractivity contribution is 5.97. The Morgan fingerprint density at radius 2 is 1.21 bits per heavy atom. The molecule has 2 unspecified atom stereocenters. The van der Waals surface area contributed by atoms with Gasteiger partial charge in [-0.25, -0.2) is 0 Å². The van der Waals surface area contributed by atoms with Crippen LogP contribution in [0.5, 0.6) is 11.5 Å². The number of benzene rings is 3. The maximum atomic E-state index is 14.6. The van der Waals surface area contributed by atoms with Crippen LogP contribution in [-0.2, 0) is 38.4 Å². The van der Waals surface area contributed by atoms with Gasteiger partial charge in [0.1, 0.15) is 34.6 Å². The Balaban J connectivity index is 0.994. The van der Waals surface area contributed by atoms with Crippen LogP contribution in [0.4, 0.5) is 0 Å². The van der Waals surface area contributed by atoms with E-state index in [-0.39, 0.29) is 54.4 Å². The van der Waals surface area contributed by atoms with Crippen LogP contribution in [0.1, 0.15) is 120 Å². The van der Waals surface area contributed by atoms with E-state index in [0.29, 0.717) is 29.8 Å². The number of fused-ring (bicyclic) bond motifs is 1. The highest BCUT2D eigenvalue weighted by Gasteiger charge is 2.44. The predicted molar refractivity (Wildman–Crippen MR) is 209 cm³/mol. The molecule has 0 radical (unpaired) electrons. The van der Waals surface area contributed by atoms with Crippen molar-refractivity contribution in [1.29, 1.82) is 0 Å². The van der Waals surface area contributed by atoms with Crippen LogP contribution < -0.4 is 4.74 Å². The van der Waals surface area contributed by atoms with E-state index in [1.807, 2.05) is 67.6 Å². The van der Waals surface area contributed by atoms with Crippen LogP contribution in [0.15, 0.2) is 78.9 Å². The summed E-state index contributed by atoms with van der Waals surface area (Å²) in [5, 5.41) is 0. The fourth-order valence-corrected chi connectivity index (χ4v) is 10.6. The summed E-state index contributed by atoms with van der Waals surface area (Å²) in [6, 6.07) is 25.5. The van der Waals surface area contributed by atoms with Crippen molar-refractivity contribution in [3.05, 3.63) is 95.6 Å². The van der Waals surface area contributed by atoms with Gasteiger partial charge in [0.05, 0.1) is 0 Å². The molecule has 0 N–H and O–H groups in total. The molecule has 0 heterocycles. The summed E-state index contributed by atoms with van der Waals surface area (Å²) in [7, 11) is 0. The molecule has 0 bridgehead atoms. The maximum Gasteiger partial charge on any atom is 0.142 e. The molecule has 0 spiro atoms. The Hall–Kier alpha value is -3.86. The van der Waals surface area contributed by atoms with Gasteiger partial charge in [-0.15, -0.1) is 0 Å². The summed E-state index contributed by atoms with van der Waals surface area (Å²) in [5.41, 5.74) is 2.32. The zero-order valence-corrected chi connectivity index (χ0v) is 31.7. The first kappa shape index (κ1) is 37.5. The number of hydrogen-bond donors (Lipinski definition) is 0. The van der Waals surface area contributed by atoms with Crippen LogP contribution in [0, 0.1) is 40.9 Å². The van der Waals surface area contributed by atoms with Gasteiger partial charge in [0.25, 0.3) is 0 Å². The molecule has 4 aliphatic carbocycles. The monoisotopic (exact) mass is 714 g/mol. The minimum atomic E-state index is -1.01. The van der Waals surface area contributed by atoms with Crippen molar-refractivity contribution in [2.75, 3.05) is 0 Å². The van der Waals surface area contributed by atoms with Crippen LogP contribution in [0.25, 0.3) is 0 Å². The molecule has 3 aromatic rings. The highest BCUT2D eigenvalue weighted by Crippen LogP contribution is 2.45. The fraction of sp³-hybridized carbons (Fsp3) is 0.542. The van der Waals surface area contributed by atoms with Crippen LogP contribution in [0.2, 0.25) is 0 Å². The molecule has 4 aliphatic rings. The summed E-state index contributed by atoms with van der Waals surface area (Å²) < 4.78 is 5.94. The number of carbonyl (C=O) groups excluding carboxylic acids is 4. The lowest BCUT2D eigenvalue weighted by atomic mass is 9.64. The second-order valence-corrected chi connectivity index (χ2v) is 17.4. The lowest BCUT2D eigenvalue weighted by molar-refractivity contribution is -0.142. The predicted octanol–water partition coefficient (Wildman–Crippen LogP) is 10.7. The fourth-order valence-electron chi connectivity index (χ4n) is 10.6. The summed E-state index contributed by atoms with van der Waals surface area (Å²) in [6.45, 7) is 1.92. The van der Waals surface area contributed by atoms with Crippen molar-refractivity contribution in [1.82, 2.24) is 0 Å². The molecule has 5 heteroatoms. The zero-order valence-electron chi connectivity index (χ0n) is 31.7. The van der Waals surface area contributed by atoms with Crippen molar-refractivity contribution >= 4 is 23.1 Å². The van der Waals surface area contributed by atoms with Gasteiger partial charge < -0.3 is 4.74 Å². The minimum absolute atomic E-state index is 0.000990. The molecule has 0 aromatic heterocycles. The largest absolute Gasteiger partial charge is 0.457 e. The number of hydrogen-bond acceptors (Lipinski definition) is 5. The Bertz CT molecular complexity index is 1720. The molecule has 0 aliphatic heterocycles. The Kier molecular flexibility index (Phi) is 12.1. The molecule has 0 amide bonds. The van der Waals surface area contributed by atoms with Crippen LogP contribution >= 0.6 is 0 Å². The molecule has 5 nitrogen and oxygen atoms in total. The third kappa shape index (κ3) is 9.27. The summed E-state index contributed by atoms with van der Waals surface area (Å²) in [4.78, 5) is 55.7. The quantitative estimate of drug-likeness (QED) is 0.176. The normalized spacial score (nSPS) is 26.2. The first-order chi connectivity index (χ1) is 25.7. The highest BCUT2D eigenvalue weighted by atomic mass is 16.5. The van der Waals surface area contributed by atoms with E-state index in [9.17, 15) is 19.2 Å². The maximum absolute atomic E-state index is 14.6. The standard InChI is InChI=1S/C48H58O5/c1-48(47(52)38-24-18-35(19-25-38)34-10-4-2-5-11-34,31-41(49)28-33-16-26-43(27-17-33)53-42-14-6-3-7-15-42)32-46(51)37-22-20-36(21-23-37)44-29-39-12-8-9-13-40(39)30-45(44)50/h3,6-9,12-17,26-27,34-38,44H,2,4-5,10-11,18-25,28-32H2,1H3. The summed E-state index contributed by atoms with van der Waals surface area (Å²) >= 11 is 0. The smallest absolute Gasteiger partial charge is 0.142 e. The lowest BCUT2D eigenvalue weighted by Crippen LogP contribution is -2.41. The van der Waals surface area contributed by atoms with E-state index in [2.05, 4.69) is 18.2 Å². The van der Waals surface area contributed by atoms with Crippen LogP contribution in [0.3, 0.4) is 0 Å². The van der Waals surface area contributed by atoms with Crippen molar-refractivity contribution in [3.8, 4) is 11.5 Å². The second kappa shape index (κ2) is 17.1. The van der Waals surface area contributed by atoms with Gasteiger partial charge in [-0.3, -0.25) is 19.2 Å². The molecular formula is C48H58O5. The van der Waals surface area contributed by atoms with E-state index in [1.165, 1.54) is 37.7 Å². The van der Waals surface area contributed by atoms with Gasteiger partial charge in [-0.05, 0) is 116 Å². The average molecular weight is 715 g/mol. The van der Waals surface area contributed by atoms with E-state index in [0.717, 1.165) is 80.6 Å². The third-order valence-electron chi connectivity index (χ3n) is 13.6. The van der Waals surface area contributed by atoms with E-state index >= 15 is 0 Å². The molecule has 53 heavy (non-hydrogen) atoms. The molecule has 3 saturated carbocycles. The van der Waals surface area contributed by atoms with Gasteiger partial charge in [0.15, 0.2) is 0 Å². The van der Waals surface area contributed by atoms with Crippen molar-refractivity contribution in [3.63, 3.8) is 0 Å². The van der Waals surface area contributed by atoms with Crippen molar-refractivity contribution in [2.45, 2.75) is 122 Å². The number of ether oxygens (including phenoxy) is 1. The van der Waals surface area contributed by atoms with E-state index < -0.39 is 5.41 Å². The summed E-state index contributed by atoms with van der Waals surface area (Å²) in [5.74, 6) is 3.72. The van der Waals surface area contributed by atoms with E-state index in [4.69, 9.17) is 4.74 Å². The SMILES string of the molecule is CC(CC(=O)Cc1ccc(Oc2ccccc2)cc1)(CC(=O)C1CCC(C2Cc3ccccc3CC2=O)CC1)C(=O)C1CCC(C2CCCCC2)CC1. The van der Waals surface area contributed by atoms with Crippen molar-refractivity contribution < 1.29 is 23.9 Å². The van der Waals surface area contributed by atoms with Gasteiger partial charge in [-0.2, -0.15) is 0 Å². The van der Waals surface area contributed by atoms with Gasteiger partial charge in [0, 0.05) is 48.9 Å². The van der Waals surface area contributed by atoms with Gasteiger partial charge in [0.2, 0.25) is 0 Å². The number of carbonyl (C=O) groups is 4. The third-order valence-corrected chi connectivity index (χ3v) is 13.6. The molecule has 0 saturated heterocycles. The van der Waals surface area contributed by atoms with Crippen molar-refractivity contribution in [2.24, 2.45) is 40.9 Å². The van der Waals surface area contributed by atoms with E-state index in [1.54, 1.807) is 0 Å². The Morgan fingerprint density at radius 3 is 1.91 bits per heavy atom. The second-order valence-electron chi connectivity index (χ2n) is 17.4. The Morgan fingerprint density at radius 1 is 0.623 bits per heavy atom. The molecule has 7 rings (SSSR count). The summed E-state index contributed by atoms with van der Waals surface area (Å²) in [6.07, 6.45) is 15.6. The number of para-hydroxylation sites is 1. The van der Waals surface area contributed by atoms with Gasteiger partial charge >= 0.3 is 0 Å². The first-order valence-electron chi connectivity index (χ1n) is 20.7. The number of Topliss-reactive ketones (excluding diaryl/α,β-unsaturated/α-hetero) is 4. The Labute approximate surface area is 316 Å². The molecule has 3 fully saturated rings. The first-order valence-corrected chi connectivity index (χ1v) is 20.7. The topological polar surface area (TPSA) is 77.5 Å². The number of rotatable bonds is 13. The molecule has 2 atom stereocenters. The lowest BCUT2D eigenvalue weighted by Gasteiger charge is -2.39. The number of ketones is 4. The molecule has 280 valence electrons. The minimum Gasteiger partial charge on any atom is -0.457 e. The van der Waals surface area contributed by atoms with Crippen LogP contribution in [-0.4, -0.2) is 23.1 Å². The van der Waals surface area contributed by atoms with Gasteiger partial charge in [-0.1, -0.05) is 93.6 Å².